The monoisotopic (exact) mass is 329 g/mol. The van der Waals surface area contributed by atoms with Crippen LogP contribution in [0.2, 0.25) is 0 Å². The van der Waals surface area contributed by atoms with Crippen LogP contribution < -0.4 is 10.2 Å². The van der Waals surface area contributed by atoms with Crippen molar-refractivity contribution in [3.05, 3.63) is 40.8 Å². The van der Waals surface area contributed by atoms with Gasteiger partial charge in [0.25, 0.3) is 0 Å². The fraction of sp³-hybridized carbons (Fsp3) is 0.550. The summed E-state index contributed by atoms with van der Waals surface area (Å²) in [5.74, 6) is 0.745. The zero-order valence-corrected chi connectivity index (χ0v) is 14.3. The summed E-state index contributed by atoms with van der Waals surface area (Å²) in [6, 6.07) is 6.87. The first-order valence-electron chi connectivity index (χ1n) is 9.20. The Labute approximate surface area is 143 Å². The Balaban J connectivity index is 1.33. The van der Waals surface area contributed by atoms with E-state index in [2.05, 4.69) is 4.90 Å². The Morgan fingerprint density at radius 3 is 2.71 bits per heavy atom. The van der Waals surface area contributed by atoms with Crippen molar-refractivity contribution in [2.75, 3.05) is 26.2 Å². The predicted octanol–water partition coefficient (Wildman–Crippen LogP) is 4.22. The molecular weight excluding hydrogens is 302 g/mol. The first kappa shape index (κ1) is 17.0. The van der Waals surface area contributed by atoms with Crippen molar-refractivity contribution >= 4 is 11.0 Å². The fourth-order valence-corrected chi connectivity index (χ4v) is 3.32. The molecule has 3 rings (SSSR count). The lowest BCUT2D eigenvalue weighted by molar-refractivity contribution is 0.223. The zero-order chi connectivity index (χ0) is 16.6. The van der Waals surface area contributed by atoms with E-state index < -0.39 is 0 Å². The van der Waals surface area contributed by atoms with Crippen molar-refractivity contribution in [1.29, 1.82) is 0 Å². The van der Waals surface area contributed by atoms with Crippen molar-refractivity contribution in [2.45, 2.75) is 44.9 Å². The zero-order valence-electron chi connectivity index (χ0n) is 14.3. The largest absolute Gasteiger partial charge is 0.494 e. The van der Waals surface area contributed by atoms with Gasteiger partial charge in [-0.25, -0.2) is 0 Å². The summed E-state index contributed by atoms with van der Waals surface area (Å²) >= 11 is 0. The maximum absolute atomic E-state index is 11.8. The number of likely N-dealkylation sites (tertiary alicyclic amines) is 1. The molecule has 1 aromatic heterocycles. The van der Waals surface area contributed by atoms with Gasteiger partial charge in [-0.3, -0.25) is 4.79 Å². The van der Waals surface area contributed by atoms with Crippen molar-refractivity contribution in [3.8, 4) is 5.75 Å². The molecule has 0 unspecified atom stereocenters. The summed E-state index contributed by atoms with van der Waals surface area (Å²) in [6.07, 6.45) is 10.4. The molecule has 1 aliphatic rings. The third-order valence-electron chi connectivity index (χ3n) is 4.72. The van der Waals surface area contributed by atoms with E-state index in [1.807, 2.05) is 6.07 Å². The van der Waals surface area contributed by atoms with E-state index in [1.165, 1.54) is 70.5 Å². The first-order chi connectivity index (χ1) is 11.8. The Hall–Kier alpha value is -1.81. The molecule has 0 N–H and O–H groups in total. The van der Waals surface area contributed by atoms with Crippen molar-refractivity contribution < 1.29 is 9.15 Å². The molecule has 0 radical (unpaired) electrons. The normalized spacial score (nSPS) is 15.7. The minimum atomic E-state index is -0.0283. The van der Waals surface area contributed by atoms with Crippen LogP contribution in [-0.2, 0) is 0 Å². The number of hydrogen-bond donors (Lipinski definition) is 0. The molecule has 130 valence electrons. The molecular formula is C20H27NO3. The SMILES string of the molecule is O=c1ccoc2ccc(OCCCCCCN3CCCCC3)cc12. The lowest BCUT2D eigenvalue weighted by Gasteiger charge is -2.26. The molecule has 0 atom stereocenters. The van der Waals surface area contributed by atoms with E-state index in [0.29, 0.717) is 17.6 Å². The van der Waals surface area contributed by atoms with Gasteiger partial charge in [0.2, 0.25) is 0 Å². The number of hydrogen-bond acceptors (Lipinski definition) is 4. The van der Waals surface area contributed by atoms with Crippen LogP contribution in [0.3, 0.4) is 0 Å². The summed E-state index contributed by atoms with van der Waals surface area (Å²) in [4.78, 5) is 14.4. The van der Waals surface area contributed by atoms with Crippen molar-refractivity contribution in [2.24, 2.45) is 0 Å². The summed E-state index contributed by atoms with van der Waals surface area (Å²) < 4.78 is 11.1. The van der Waals surface area contributed by atoms with Crippen LogP contribution in [-0.4, -0.2) is 31.1 Å². The molecule has 1 fully saturated rings. The second-order valence-electron chi connectivity index (χ2n) is 6.61. The van der Waals surface area contributed by atoms with Crippen molar-refractivity contribution in [1.82, 2.24) is 4.90 Å². The van der Waals surface area contributed by atoms with E-state index in [9.17, 15) is 4.79 Å². The Morgan fingerprint density at radius 1 is 1.00 bits per heavy atom. The van der Waals surface area contributed by atoms with Gasteiger partial charge >= 0.3 is 0 Å². The molecule has 0 amide bonds. The van der Waals surface area contributed by atoms with Crippen LogP contribution in [0.5, 0.6) is 5.75 Å². The Morgan fingerprint density at radius 2 is 1.83 bits per heavy atom. The topological polar surface area (TPSA) is 42.7 Å². The maximum atomic E-state index is 11.8. The van der Waals surface area contributed by atoms with E-state index in [-0.39, 0.29) is 5.43 Å². The lowest BCUT2D eigenvalue weighted by Crippen LogP contribution is -2.30. The minimum Gasteiger partial charge on any atom is -0.494 e. The number of unbranched alkanes of at least 4 members (excludes halogenated alkanes) is 3. The smallest absolute Gasteiger partial charge is 0.192 e. The van der Waals surface area contributed by atoms with Gasteiger partial charge in [-0.1, -0.05) is 19.3 Å². The van der Waals surface area contributed by atoms with Gasteiger partial charge < -0.3 is 14.1 Å². The summed E-state index contributed by atoms with van der Waals surface area (Å²) in [5.41, 5.74) is 0.576. The number of rotatable bonds is 8. The maximum Gasteiger partial charge on any atom is 0.192 e. The average Bonchev–Trinajstić information content (AvgIpc) is 2.62. The summed E-state index contributed by atoms with van der Waals surface area (Å²) in [6.45, 7) is 4.53. The third kappa shape index (κ3) is 4.84. The number of benzene rings is 1. The van der Waals surface area contributed by atoms with Crippen LogP contribution in [0.15, 0.2) is 39.7 Å². The highest BCUT2D eigenvalue weighted by Gasteiger charge is 2.08. The third-order valence-corrected chi connectivity index (χ3v) is 4.72. The van der Waals surface area contributed by atoms with Crippen LogP contribution in [0.1, 0.15) is 44.9 Å². The molecule has 0 spiro atoms. The van der Waals surface area contributed by atoms with Gasteiger partial charge in [-0.15, -0.1) is 0 Å². The number of nitrogens with zero attached hydrogens (tertiary/aromatic N) is 1. The van der Waals surface area contributed by atoms with E-state index in [0.717, 1.165) is 12.2 Å². The molecule has 0 aliphatic carbocycles. The van der Waals surface area contributed by atoms with Crippen molar-refractivity contribution in [3.63, 3.8) is 0 Å². The summed E-state index contributed by atoms with van der Waals surface area (Å²) in [5, 5.41) is 0.580. The molecule has 1 aliphatic heterocycles. The second kappa shape index (κ2) is 8.88. The predicted molar refractivity (Wildman–Crippen MR) is 96.7 cm³/mol. The van der Waals surface area contributed by atoms with E-state index in [4.69, 9.17) is 9.15 Å². The van der Waals surface area contributed by atoms with Crippen LogP contribution >= 0.6 is 0 Å². The molecule has 2 aromatic rings. The van der Waals surface area contributed by atoms with Gasteiger partial charge in [0.1, 0.15) is 11.3 Å². The highest BCUT2D eigenvalue weighted by molar-refractivity contribution is 5.77. The number of ether oxygens (including phenoxy) is 1. The number of piperidine rings is 1. The highest BCUT2D eigenvalue weighted by Crippen LogP contribution is 2.18. The van der Waals surface area contributed by atoms with Gasteiger partial charge in [-0.05, 0) is 63.5 Å². The van der Waals surface area contributed by atoms with Crippen LogP contribution in [0.25, 0.3) is 11.0 Å². The first-order valence-corrected chi connectivity index (χ1v) is 9.20. The molecule has 1 aromatic carbocycles. The molecule has 0 bridgehead atoms. The minimum absolute atomic E-state index is 0.0283. The quantitative estimate of drug-likeness (QED) is 0.680. The van der Waals surface area contributed by atoms with E-state index in [1.54, 1.807) is 12.1 Å². The molecule has 4 nitrogen and oxygen atoms in total. The molecule has 24 heavy (non-hydrogen) atoms. The van der Waals surface area contributed by atoms with Crippen LogP contribution in [0.4, 0.5) is 0 Å². The van der Waals surface area contributed by atoms with Gasteiger partial charge in [-0.2, -0.15) is 0 Å². The van der Waals surface area contributed by atoms with Gasteiger partial charge in [0.15, 0.2) is 5.43 Å². The summed E-state index contributed by atoms with van der Waals surface area (Å²) in [7, 11) is 0. The highest BCUT2D eigenvalue weighted by atomic mass is 16.5. The number of fused-ring (bicyclic) bond motifs is 1. The molecule has 2 heterocycles. The van der Waals surface area contributed by atoms with Gasteiger partial charge in [0.05, 0.1) is 18.3 Å². The standard InChI is InChI=1S/C20H27NO3/c22-19-10-15-24-20-9-8-17(16-18(19)20)23-14-7-2-1-4-11-21-12-5-3-6-13-21/h8-10,15-16H,1-7,11-14H2. The molecule has 4 heteroatoms. The fourth-order valence-electron chi connectivity index (χ4n) is 3.32. The Kier molecular flexibility index (Phi) is 6.30. The second-order valence-corrected chi connectivity index (χ2v) is 6.61. The van der Waals surface area contributed by atoms with Crippen LogP contribution in [0, 0.1) is 0 Å². The lowest BCUT2D eigenvalue weighted by atomic mass is 10.1. The average molecular weight is 329 g/mol. The van der Waals surface area contributed by atoms with Gasteiger partial charge in [0, 0.05) is 6.07 Å². The van der Waals surface area contributed by atoms with E-state index >= 15 is 0 Å². The molecule has 1 saturated heterocycles. The Bertz CT molecular complexity index is 689. The molecule has 0 saturated carbocycles.